The predicted octanol–water partition coefficient (Wildman–Crippen LogP) is 2.38. The minimum atomic E-state index is 0. The standard InChI is InChI=1S/C20H35N5.HI/c1-20(2,18-9-6-5-7-10-18)17-23-19(21-3)22-11-14-25-13-8-12-24(4)15-16-25;/h5-7,9-10H,8,11-17H2,1-4H3,(H2,21,22,23);1H. The first-order valence-corrected chi connectivity index (χ1v) is 9.42. The molecule has 1 fully saturated rings. The van der Waals surface area contributed by atoms with Crippen molar-refractivity contribution >= 4 is 29.9 Å². The van der Waals surface area contributed by atoms with Gasteiger partial charge in [0.15, 0.2) is 5.96 Å². The molecular formula is C20H36IN5. The van der Waals surface area contributed by atoms with E-state index in [1.165, 1.54) is 25.1 Å². The number of hydrogen-bond donors (Lipinski definition) is 2. The Morgan fingerprint density at radius 3 is 2.50 bits per heavy atom. The maximum Gasteiger partial charge on any atom is 0.191 e. The molecule has 26 heavy (non-hydrogen) atoms. The lowest BCUT2D eigenvalue weighted by Gasteiger charge is -2.27. The van der Waals surface area contributed by atoms with Gasteiger partial charge in [0, 0.05) is 45.2 Å². The fourth-order valence-corrected chi connectivity index (χ4v) is 3.17. The predicted molar refractivity (Wildman–Crippen MR) is 123 cm³/mol. The highest BCUT2D eigenvalue weighted by atomic mass is 127. The summed E-state index contributed by atoms with van der Waals surface area (Å²) in [5.74, 6) is 0.885. The second kappa shape index (κ2) is 11.8. The smallest absolute Gasteiger partial charge is 0.191 e. The van der Waals surface area contributed by atoms with E-state index in [0.29, 0.717) is 0 Å². The van der Waals surface area contributed by atoms with Crippen LogP contribution in [-0.4, -0.2) is 75.7 Å². The molecular weight excluding hydrogens is 437 g/mol. The number of nitrogens with zero attached hydrogens (tertiary/aromatic N) is 3. The van der Waals surface area contributed by atoms with Crippen molar-refractivity contribution in [2.45, 2.75) is 25.7 Å². The highest BCUT2D eigenvalue weighted by Crippen LogP contribution is 2.21. The van der Waals surface area contributed by atoms with E-state index < -0.39 is 0 Å². The third-order valence-corrected chi connectivity index (χ3v) is 5.01. The van der Waals surface area contributed by atoms with Crippen LogP contribution in [-0.2, 0) is 5.41 Å². The van der Waals surface area contributed by atoms with Gasteiger partial charge in [-0.25, -0.2) is 0 Å². The molecule has 1 aromatic carbocycles. The Morgan fingerprint density at radius 1 is 1.08 bits per heavy atom. The van der Waals surface area contributed by atoms with Gasteiger partial charge in [0.1, 0.15) is 0 Å². The first-order chi connectivity index (χ1) is 12.0. The van der Waals surface area contributed by atoms with Crippen LogP contribution in [0.25, 0.3) is 0 Å². The normalized spacial score (nSPS) is 17.3. The van der Waals surface area contributed by atoms with Crippen LogP contribution in [0.1, 0.15) is 25.8 Å². The van der Waals surface area contributed by atoms with Crippen molar-refractivity contribution in [3.63, 3.8) is 0 Å². The van der Waals surface area contributed by atoms with Gasteiger partial charge in [-0.15, -0.1) is 24.0 Å². The Bertz CT molecular complexity index is 532. The van der Waals surface area contributed by atoms with Crippen molar-refractivity contribution in [2.75, 3.05) is 59.9 Å². The molecule has 1 saturated heterocycles. The van der Waals surface area contributed by atoms with Crippen LogP contribution in [0.15, 0.2) is 35.3 Å². The van der Waals surface area contributed by atoms with Gasteiger partial charge >= 0.3 is 0 Å². The average Bonchev–Trinajstić information content (AvgIpc) is 2.83. The molecule has 0 amide bonds. The van der Waals surface area contributed by atoms with Crippen LogP contribution in [0.5, 0.6) is 0 Å². The maximum absolute atomic E-state index is 4.37. The van der Waals surface area contributed by atoms with E-state index in [1.54, 1.807) is 0 Å². The summed E-state index contributed by atoms with van der Waals surface area (Å²) in [4.78, 5) is 9.32. The third-order valence-electron chi connectivity index (χ3n) is 5.01. The number of aliphatic imine (C=N–C) groups is 1. The summed E-state index contributed by atoms with van der Waals surface area (Å²) in [6, 6.07) is 10.6. The summed E-state index contributed by atoms with van der Waals surface area (Å²) in [5.41, 5.74) is 1.40. The van der Waals surface area contributed by atoms with Crippen LogP contribution in [0, 0.1) is 0 Å². The molecule has 0 atom stereocenters. The molecule has 0 spiro atoms. The van der Waals surface area contributed by atoms with Crippen molar-refractivity contribution in [1.29, 1.82) is 0 Å². The van der Waals surface area contributed by atoms with Gasteiger partial charge in [-0.3, -0.25) is 4.99 Å². The minimum Gasteiger partial charge on any atom is -0.356 e. The number of halogens is 1. The number of guanidine groups is 1. The Labute approximate surface area is 176 Å². The molecule has 0 radical (unpaired) electrons. The molecule has 0 aliphatic carbocycles. The van der Waals surface area contributed by atoms with Crippen LogP contribution in [0.2, 0.25) is 0 Å². The first-order valence-electron chi connectivity index (χ1n) is 9.42. The van der Waals surface area contributed by atoms with E-state index in [2.05, 4.69) is 76.7 Å². The quantitative estimate of drug-likeness (QED) is 0.379. The molecule has 1 aliphatic rings. The zero-order valence-electron chi connectivity index (χ0n) is 16.8. The summed E-state index contributed by atoms with van der Waals surface area (Å²) in [6.07, 6.45) is 1.26. The lowest BCUT2D eigenvalue weighted by Crippen LogP contribution is -2.45. The average molecular weight is 473 g/mol. The fraction of sp³-hybridized carbons (Fsp3) is 0.650. The molecule has 0 unspecified atom stereocenters. The van der Waals surface area contributed by atoms with E-state index >= 15 is 0 Å². The zero-order valence-corrected chi connectivity index (χ0v) is 19.1. The molecule has 148 valence electrons. The summed E-state index contributed by atoms with van der Waals surface area (Å²) in [6.45, 7) is 12.1. The van der Waals surface area contributed by atoms with E-state index in [4.69, 9.17) is 0 Å². The number of hydrogen-bond acceptors (Lipinski definition) is 3. The number of nitrogens with one attached hydrogen (secondary N) is 2. The van der Waals surface area contributed by atoms with Gasteiger partial charge in [-0.2, -0.15) is 0 Å². The topological polar surface area (TPSA) is 42.9 Å². The Morgan fingerprint density at radius 2 is 1.81 bits per heavy atom. The van der Waals surface area contributed by atoms with Crippen molar-refractivity contribution in [2.24, 2.45) is 4.99 Å². The largest absolute Gasteiger partial charge is 0.356 e. The summed E-state index contributed by atoms with van der Waals surface area (Å²) >= 11 is 0. The third kappa shape index (κ3) is 7.80. The maximum atomic E-state index is 4.37. The molecule has 2 rings (SSSR count). The highest BCUT2D eigenvalue weighted by molar-refractivity contribution is 14.0. The van der Waals surface area contributed by atoms with E-state index in [-0.39, 0.29) is 29.4 Å². The fourth-order valence-electron chi connectivity index (χ4n) is 3.17. The lowest BCUT2D eigenvalue weighted by atomic mass is 9.85. The highest BCUT2D eigenvalue weighted by Gasteiger charge is 2.20. The van der Waals surface area contributed by atoms with Crippen LogP contribution >= 0.6 is 24.0 Å². The van der Waals surface area contributed by atoms with Gasteiger partial charge in [-0.05, 0) is 32.1 Å². The Balaban J connectivity index is 0.00000338. The molecule has 5 nitrogen and oxygen atoms in total. The van der Waals surface area contributed by atoms with Crippen molar-refractivity contribution in [3.05, 3.63) is 35.9 Å². The summed E-state index contributed by atoms with van der Waals surface area (Å²) in [5, 5.41) is 6.93. The van der Waals surface area contributed by atoms with Gasteiger partial charge < -0.3 is 20.4 Å². The van der Waals surface area contributed by atoms with Gasteiger partial charge in [0.25, 0.3) is 0 Å². The van der Waals surface area contributed by atoms with Crippen molar-refractivity contribution < 1.29 is 0 Å². The monoisotopic (exact) mass is 473 g/mol. The molecule has 0 aromatic heterocycles. The molecule has 0 saturated carbocycles. The number of rotatable bonds is 6. The molecule has 6 heteroatoms. The number of likely N-dealkylation sites (N-methyl/N-ethyl adjacent to an activating group) is 1. The Kier molecular flexibility index (Phi) is 10.5. The second-order valence-corrected chi connectivity index (χ2v) is 7.60. The summed E-state index contributed by atoms with van der Waals surface area (Å²) < 4.78 is 0. The Hall–Kier alpha value is -0.860. The number of benzene rings is 1. The van der Waals surface area contributed by atoms with E-state index in [1.807, 2.05) is 7.05 Å². The molecule has 2 N–H and O–H groups in total. The summed E-state index contributed by atoms with van der Waals surface area (Å²) in [7, 11) is 4.05. The van der Waals surface area contributed by atoms with Crippen LogP contribution in [0.4, 0.5) is 0 Å². The zero-order chi connectivity index (χ0) is 18.1. The van der Waals surface area contributed by atoms with E-state index in [0.717, 1.165) is 38.7 Å². The first kappa shape index (κ1) is 23.2. The minimum absolute atomic E-state index is 0. The van der Waals surface area contributed by atoms with Crippen LogP contribution in [0.3, 0.4) is 0 Å². The van der Waals surface area contributed by atoms with Gasteiger partial charge in [-0.1, -0.05) is 44.2 Å². The molecule has 1 aliphatic heterocycles. The SMILES string of the molecule is CN=C(NCCN1CCCN(C)CC1)NCC(C)(C)c1ccccc1.I. The van der Waals surface area contributed by atoms with Crippen molar-refractivity contribution in [3.8, 4) is 0 Å². The lowest BCUT2D eigenvalue weighted by molar-refractivity contribution is 0.280. The van der Waals surface area contributed by atoms with Crippen LogP contribution < -0.4 is 10.6 Å². The molecule has 1 aromatic rings. The molecule has 1 heterocycles. The second-order valence-electron chi connectivity index (χ2n) is 7.60. The van der Waals surface area contributed by atoms with Gasteiger partial charge in [0.05, 0.1) is 0 Å². The van der Waals surface area contributed by atoms with Gasteiger partial charge in [0.2, 0.25) is 0 Å². The molecule has 0 bridgehead atoms. The van der Waals surface area contributed by atoms with E-state index in [9.17, 15) is 0 Å². The van der Waals surface area contributed by atoms with Crippen molar-refractivity contribution in [1.82, 2.24) is 20.4 Å².